The second kappa shape index (κ2) is 3.51. The lowest BCUT2D eigenvalue weighted by Gasteiger charge is -2.23. The van der Waals surface area contributed by atoms with Crippen LogP contribution in [0.2, 0.25) is 0 Å². The molecule has 0 bridgehead atoms. The van der Waals surface area contributed by atoms with Gasteiger partial charge in [-0.1, -0.05) is 0 Å². The molecule has 1 fully saturated rings. The number of methoxy groups -OCH3 is 1. The largest absolute Gasteiger partial charge is 0.452 e. The summed E-state index contributed by atoms with van der Waals surface area (Å²) in [5.74, 6) is 0. The minimum Gasteiger partial charge on any atom is -0.452 e. The number of rotatable bonds is 1. The fraction of sp³-hybridized carbons (Fsp3) is 0.833. The molecule has 1 aliphatic rings. The van der Waals surface area contributed by atoms with Gasteiger partial charge in [-0.15, -0.1) is 4.41 Å². The number of hydrogen-bond acceptors (Lipinski definition) is 4. The van der Waals surface area contributed by atoms with Gasteiger partial charge in [-0.3, -0.25) is 0 Å². The quantitative estimate of drug-likeness (QED) is 0.590. The minimum atomic E-state index is -3.35. The molecule has 76 valence electrons. The SMILES string of the molecule is COC(=O)N1CCCN1S(C)(=O)=O. The van der Waals surface area contributed by atoms with Crippen LogP contribution < -0.4 is 0 Å². The Bertz CT molecular complexity index is 300. The summed E-state index contributed by atoms with van der Waals surface area (Å²) in [5.41, 5.74) is 0. The maximum atomic E-state index is 11.1. The first kappa shape index (κ1) is 10.3. The number of hydrogen-bond donors (Lipinski definition) is 0. The van der Waals surface area contributed by atoms with Gasteiger partial charge in [0.2, 0.25) is 10.0 Å². The van der Waals surface area contributed by atoms with Gasteiger partial charge in [0.25, 0.3) is 0 Å². The molecule has 7 heteroatoms. The molecular formula is C6H12N2O4S. The summed E-state index contributed by atoms with van der Waals surface area (Å²) < 4.78 is 27.7. The third-order valence-electron chi connectivity index (χ3n) is 1.76. The van der Waals surface area contributed by atoms with Crippen molar-refractivity contribution >= 4 is 16.1 Å². The van der Waals surface area contributed by atoms with Crippen LogP contribution in [0, 0.1) is 0 Å². The Hall–Kier alpha value is -0.820. The molecule has 0 unspecified atom stereocenters. The molecule has 0 atom stereocenters. The van der Waals surface area contributed by atoms with Crippen LogP contribution in [0.1, 0.15) is 6.42 Å². The molecular weight excluding hydrogens is 196 g/mol. The topological polar surface area (TPSA) is 66.9 Å². The average Bonchev–Trinajstić information content (AvgIpc) is 2.49. The average molecular weight is 208 g/mol. The molecule has 0 aromatic carbocycles. The van der Waals surface area contributed by atoms with Crippen LogP contribution in [-0.4, -0.2) is 50.4 Å². The van der Waals surface area contributed by atoms with Gasteiger partial charge in [-0.05, 0) is 6.42 Å². The number of ether oxygens (including phenoxy) is 1. The lowest BCUT2D eigenvalue weighted by molar-refractivity contribution is 0.0748. The smallest absolute Gasteiger partial charge is 0.425 e. The predicted octanol–water partition coefficient (Wildman–Crippen LogP) is -0.365. The van der Waals surface area contributed by atoms with Crippen molar-refractivity contribution in [2.75, 3.05) is 26.5 Å². The molecule has 0 aromatic rings. The number of carbonyl (C=O) groups is 1. The fourth-order valence-corrected chi connectivity index (χ4v) is 2.19. The van der Waals surface area contributed by atoms with Crippen molar-refractivity contribution in [1.29, 1.82) is 0 Å². The summed E-state index contributed by atoms with van der Waals surface area (Å²) in [6, 6.07) is 0. The van der Waals surface area contributed by atoms with Gasteiger partial charge in [0, 0.05) is 13.1 Å². The van der Waals surface area contributed by atoms with Crippen molar-refractivity contribution in [3.63, 3.8) is 0 Å². The van der Waals surface area contributed by atoms with Crippen LogP contribution in [0.3, 0.4) is 0 Å². The highest BCUT2D eigenvalue weighted by atomic mass is 32.2. The summed E-state index contributed by atoms with van der Waals surface area (Å²) in [6.07, 6.45) is 1.07. The van der Waals surface area contributed by atoms with E-state index in [4.69, 9.17) is 0 Å². The van der Waals surface area contributed by atoms with Crippen molar-refractivity contribution in [2.24, 2.45) is 0 Å². The van der Waals surface area contributed by atoms with E-state index < -0.39 is 16.1 Å². The predicted molar refractivity (Wildman–Crippen MR) is 45.3 cm³/mol. The molecule has 6 nitrogen and oxygen atoms in total. The zero-order valence-electron chi connectivity index (χ0n) is 7.56. The van der Waals surface area contributed by atoms with E-state index in [1.807, 2.05) is 0 Å². The van der Waals surface area contributed by atoms with Gasteiger partial charge < -0.3 is 4.74 Å². The van der Waals surface area contributed by atoms with Crippen molar-refractivity contribution in [2.45, 2.75) is 6.42 Å². The Morgan fingerprint density at radius 1 is 1.38 bits per heavy atom. The Morgan fingerprint density at radius 3 is 2.46 bits per heavy atom. The van der Waals surface area contributed by atoms with Crippen LogP contribution in [0.4, 0.5) is 4.79 Å². The van der Waals surface area contributed by atoms with Gasteiger partial charge in [0.05, 0.1) is 13.4 Å². The van der Waals surface area contributed by atoms with Gasteiger partial charge >= 0.3 is 6.09 Å². The summed E-state index contributed by atoms with van der Waals surface area (Å²) >= 11 is 0. The van der Waals surface area contributed by atoms with E-state index in [9.17, 15) is 13.2 Å². The second-order valence-electron chi connectivity index (χ2n) is 2.76. The standard InChI is InChI=1S/C6H12N2O4S/c1-12-6(9)7-4-3-5-8(7)13(2,10)11/h3-5H2,1-2H3. The second-order valence-corrected chi connectivity index (χ2v) is 4.64. The minimum absolute atomic E-state index is 0.341. The lowest BCUT2D eigenvalue weighted by atomic mass is 10.5. The van der Waals surface area contributed by atoms with E-state index in [0.717, 1.165) is 15.7 Å². The maximum Gasteiger partial charge on any atom is 0.425 e. The molecule has 1 heterocycles. The molecule has 0 radical (unpaired) electrons. The Kier molecular flexibility index (Phi) is 2.77. The van der Waals surface area contributed by atoms with Gasteiger partial charge in [0.15, 0.2) is 0 Å². The van der Waals surface area contributed by atoms with Crippen molar-refractivity contribution in [3.05, 3.63) is 0 Å². The van der Waals surface area contributed by atoms with Gasteiger partial charge in [0.1, 0.15) is 0 Å². The van der Waals surface area contributed by atoms with E-state index >= 15 is 0 Å². The number of amides is 1. The lowest BCUT2D eigenvalue weighted by Crippen LogP contribution is -2.44. The van der Waals surface area contributed by atoms with E-state index in [-0.39, 0.29) is 0 Å². The highest BCUT2D eigenvalue weighted by Gasteiger charge is 2.33. The van der Waals surface area contributed by atoms with Crippen LogP contribution in [0.5, 0.6) is 0 Å². The first-order valence-corrected chi connectivity index (χ1v) is 5.65. The molecule has 1 aliphatic heterocycles. The summed E-state index contributed by atoms with van der Waals surface area (Å²) in [4.78, 5) is 11.1. The van der Waals surface area contributed by atoms with Crippen molar-refractivity contribution in [3.8, 4) is 0 Å². The van der Waals surface area contributed by atoms with E-state index in [2.05, 4.69) is 4.74 Å². The third-order valence-corrected chi connectivity index (χ3v) is 2.90. The molecule has 0 spiro atoms. The highest BCUT2D eigenvalue weighted by Crippen LogP contribution is 2.14. The summed E-state index contributed by atoms with van der Waals surface area (Å²) in [7, 11) is -2.13. The molecule has 0 aliphatic carbocycles. The van der Waals surface area contributed by atoms with Gasteiger partial charge in [-0.2, -0.15) is 0 Å². The summed E-state index contributed by atoms with van der Waals surface area (Å²) in [5, 5.41) is 1.09. The van der Waals surface area contributed by atoms with Gasteiger partial charge in [-0.25, -0.2) is 18.2 Å². The Balaban J connectivity index is 2.82. The molecule has 1 saturated heterocycles. The Labute approximate surface area is 77.1 Å². The van der Waals surface area contributed by atoms with Crippen LogP contribution in [0.25, 0.3) is 0 Å². The van der Waals surface area contributed by atoms with E-state index in [0.29, 0.717) is 19.5 Å². The first-order chi connectivity index (χ1) is 5.96. The maximum absolute atomic E-state index is 11.1. The van der Waals surface area contributed by atoms with E-state index in [1.54, 1.807) is 0 Å². The summed E-state index contributed by atoms with van der Waals surface area (Å²) in [6.45, 7) is 0.730. The third kappa shape index (κ3) is 2.10. The highest BCUT2D eigenvalue weighted by molar-refractivity contribution is 7.88. The Morgan fingerprint density at radius 2 is 2.00 bits per heavy atom. The first-order valence-electron chi connectivity index (χ1n) is 3.80. The number of sulfonamides is 1. The van der Waals surface area contributed by atoms with Crippen LogP contribution >= 0.6 is 0 Å². The monoisotopic (exact) mass is 208 g/mol. The molecule has 1 amide bonds. The number of nitrogens with zero attached hydrogens (tertiary/aromatic N) is 2. The van der Waals surface area contributed by atoms with Crippen LogP contribution in [0.15, 0.2) is 0 Å². The molecule has 0 N–H and O–H groups in total. The number of carbonyl (C=O) groups excluding carboxylic acids is 1. The molecule has 1 rings (SSSR count). The normalized spacial score (nSPS) is 19.1. The van der Waals surface area contributed by atoms with E-state index in [1.165, 1.54) is 7.11 Å². The van der Waals surface area contributed by atoms with Crippen LogP contribution in [-0.2, 0) is 14.8 Å². The number of hydrazine groups is 1. The molecule has 0 saturated carbocycles. The molecule has 13 heavy (non-hydrogen) atoms. The zero-order chi connectivity index (χ0) is 10.1. The van der Waals surface area contributed by atoms with Crippen molar-refractivity contribution in [1.82, 2.24) is 9.42 Å². The van der Waals surface area contributed by atoms with Crippen molar-refractivity contribution < 1.29 is 17.9 Å². The fourth-order valence-electron chi connectivity index (χ4n) is 1.22. The zero-order valence-corrected chi connectivity index (χ0v) is 8.37. The molecule has 0 aromatic heterocycles.